The summed E-state index contributed by atoms with van der Waals surface area (Å²) in [6.45, 7) is 3.70. The molecule has 1 aromatic carbocycles. The van der Waals surface area contributed by atoms with Gasteiger partial charge in [-0.15, -0.1) is 0 Å². The van der Waals surface area contributed by atoms with Gasteiger partial charge in [0.25, 0.3) is 5.91 Å². The Morgan fingerprint density at radius 3 is 2.68 bits per heavy atom. The zero-order valence-corrected chi connectivity index (χ0v) is 13.3. The molecule has 0 atom stereocenters. The minimum Gasteiger partial charge on any atom is -0.496 e. The first-order chi connectivity index (χ1) is 10.4. The van der Waals surface area contributed by atoms with Gasteiger partial charge in [-0.2, -0.15) is 0 Å². The summed E-state index contributed by atoms with van der Waals surface area (Å²) in [5, 5.41) is 6.22. The van der Waals surface area contributed by atoms with Crippen LogP contribution in [0.5, 0.6) is 5.75 Å². The zero-order valence-electron chi connectivity index (χ0n) is 13.3. The maximum absolute atomic E-state index is 12.3. The molecule has 118 valence electrons. The third kappa shape index (κ3) is 3.21. The first kappa shape index (κ1) is 15.9. The summed E-state index contributed by atoms with van der Waals surface area (Å²) in [4.78, 5) is 23.9. The standard InChI is InChI=1S/C16H21N3O3/c1-10(2)18-15(20)9-17-16(21)13-8-11-12(19(13)3)6-5-7-14(11)22-4/h5-8,10H,9H2,1-4H3,(H,17,21)(H,18,20). The maximum Gasteiger partial charge on any atom is 0.268 e. The summed E-state index contributed by atoms with van der Waals surface area (Å²) in [5.41, 5.74) is 1.38. The van der Waals surface area contributed by atoms with Crippen LogP contribution < -0.4 is 15.4 Å². The van der Waals surface area contributed by atoms with Crippen LogP contribution >= 0.6 is 0 Å². The van der Waals surface area contributed by atoms with Crippen molar-refractivity contribution in [3.63, 3.8) is 0 Å². The van der Waals surface area contributed by atoms with Gasteiger partial charge in [0.05, 0.1) is 19.2 Å². The Balaban J connectivity index is 2.18. The molecule has 0 fully saturated rings. The van der Waals surface area contributed by atoms with Crippen molar-refractivity contribution < 1.29 is 14.3 Å². The highest BCUT2D eigenvalue weighted by atomic mass is 16.5. The van der Waals surface area contributed by atoms with Crippen LogP contribution in [0.25, 0.3) is 10.9 Å². The molecule has 0 aliphatic heterocycles. The number of nitrogens with zero attached hydrogens (tertiary/aromatic N) is 1. The lowest BCUT2D eigenvalue weighted by Crippen LogP contribution is -2.40. The molecule has 6 heteroatoms. The average Bonchev–Trinajstić information content (AvgIpc) is 2.81. The van der Waals surface area contributed by atoms with Gasteiger partial charge in [0, 0.05) is 18.5 Å². The molecule has 0 aliphatic rings. The second-order valence-electron chi connectivity index (χ2n) is 5.39. The van der Waals surface area contributed by atoms with Crippen molar-refractivity contribution in [2.24, 2.45) is 7.05 Å². The van der Waals surface area contributed by atoms with Crippen molar-refractivity contribution >= 4 is 22.7 Å². The number of carbonyl (C=O) groups excluding carboxylic acids is 2. The highest BCUT2D eigenvalue weighted by molar-refractivity contribution is 6.01. The number of carbonyl (C=O) groups is 2. The topological polar surface area (TPSA) is 72.4 Å². The van der Waals surface area contributed by atoms with Gasteiger partial charge in [0.1, 0.15) is 11.4 Å². The van der Waals surface area contributed by atoms with Crippen molar-refractivity contribution in [3.8, 4) is 5.75 Å². The van der Waals surface area contributed by atoms with E-state index in [9.17, 15) is 9.59 Å². The third-order valence-corrected chi connectivity index (χ3v) is 3.36. The molecule has 0 aliphatic carbocycles. The molecule has 0 saturated carbocycles. The van der Waals surface area contributed by atoms with Crippen molar-refractivity contribution in [1.82, 2.24) is 15.2 Å². The van der Waals surface area contributed by atoms with E-state index in [0.717, 1.165) is 10.9 Å². The number of amides is 2. The monoisotopic (exact) mass is 303 g/mol. The summed E-state index contributed by atoms with van der Waals surface area (Å²) in [6.07, 6.45) is 0. The molecule has 1 heterocycles. The van der Waals surface area contributed by atoms with Crippen LogP contribution in [-0.4, -0.2) is 36.1 Å². The maximum atomic E-state index is 12.3. The van der Waals surface area contributed by atoms with E-state index in [0.29, 0.717) is 11.4 Å². The Kier molecular flexibility index (Phi) is 4.70. The van der Waals surface area contributed by atoms with E-state index in [2.05, 4.69) is 10.6 Å². The normalized spacial score (nSPS) is 10.8. The fourth-order valence-corrected chi connectivity index (χ4v) is 2.35. The van der Waals surface area contributed by atoms with E-state index in [1.54, 1.807) is 17.7 Å². The third-order valence-electron chi connectivity index (χ3n) is 3.36. The van der Waals surface area contributed by atoms with Gasteiger partial charge in [-0.1, -0.05) is 6.07 Å². The Hall–Kier alpha value is -2.50. The summed E-state index contributed by atoms with van der Waals surface area (Å²) in [5.74, 6) is 0.212. The second kappa shape index (κ2) is 6.51. The Morgan fingerprint density at radius 1 is 1.32 bits per heavy atom. The van der Waals surface area contributed by atoms with Crippen LogP contribution in [0.3, 0.4) is 0 Å². The van der Waals surface area contributed by atoms with Gasteiger partial charge in [-0.05, 0) is 32.0 Å². The van der Waals surface area contributed by atoms with E-state index in [1.165, 1.54) is 0 Å². The Morgan fingerprint density at radius 2 is 2.05 bits per heavy atom. The summed E-state index contributed by atoms with van der Waals surface area (Å²) >= 11 is 0. The number of benzene rings is 1. The molecule has 0 spiro atoms. The SMILES string of the molecule is COc1cccc2c1cc(C(=O)NCC(=O)NC(C)C)n2C. The molecule has 0 saturated heterocycles. The number of rotatable bonds is 5. The molecule has 2 rings (SSSR count). The Labute approximate surface area is 129 Å². The van der Waals surface area contributed by atoms with Crippen molar-refractivity contribution in [3.05, 3.63) is 30.0 Å². The van der Waals surface area contributed by atoms with E-state index in [-0.39, 0.29) is 24.4 Å². The molecular formula is C16H21N3O3. The average molecular weight is 303 g/mol. The van der Waals surface area contributed by atoms with Crippen molar-refractivity contribution in [2.75, 3.05) is 13.7 Å². The highest BCUT2D eigenvalue weighted by Gasteiger charge is 2.16. The number of hydrogen-bond acceptors (Lipinski definition) is 3. The molecule has 22 heavy (non-hydrogen) atoms. The molecule has 0 unspecified atom stereocenters. The highest BCUT2D eigenvalue weighted by Crippen LogP contribution is 2.27. The van der Waals surface area contributed by atoms with Crippen LogP contribution in [0.15, 0.2) is 24.3 Å². The molecule has 0 bridgehead atoms. The second-order valence-corrected chi connectivity index (χ2v) is 5.39. The smallest absolute Gasteiger partial charge is 0.268 e. The zero-order chi connectivity index (χ0) is 16.3. The lowest BCUT2D eigenvalue weighted by molar-refractivity contribution is -0.120. The largest absolute Gasteiger partial charge is 0.496 e. The summed E-state index contributed by atoms with van der Waals surface area (Å²) in [6, 6.07) is 7.45. The predicted molar refractivity (Wildman–Crippen MR) is 85.1 cm³/mol. The molecule has 2 N–H and O–H groups in total. The number of ether oxygens (including phenoxy) is 1. The van der Waals surface area contributed by atoms with E-state index in [4.69, 9.17) is 4.74 Å². The van der Waals surface area contributed by atoms with Crippen LogP contribution in [0, 0.1) is 0 Å². The lowest BCUT2D eigenvalue weighted by atomic mass is 10.2. The Bertz CT molecular complexity index is 704. The fourth-order valence-electron chi connectivity index (χ4n) is 2.35. The van der Waals surface area contributed by atoms with Crippen LogP contribution in [0.4, 0.5) is 0 Å². The minimum atomic E-state index is -0.292. The van der Waals surface area contributed by atoms with Gasteiger partial charge in [0.2, 0.25) is 5.91 Å². The number of nitrogens with one attached hydrogen (secondary N) is 2. The quantitative estimate of drug-likeness (QED) is 0.878. The first-order valence-corrected chi connectivity index (χ1v) is 7.14. The van der Waals surface area contributed by atoms with Crippen molar-refractivity contribution in [2.45, 2.75) is 19.9 Å². The van der Waals surface area contributed by atoms with Crippen molar-refractivity contribution in [1.29, 1.82) is 0 Å². The lowest BCUT2D eigenvalue weighted by Gasteiger charge is -2.09. The van der Waals surface area contributed by atoms with Gasteiger partial charge < -0.3 is 19.9 Å². The number of hydrogen-bond donors (Lipinski definition) is 2. The van der Waals surface area contributed by atoms with Crippen LogP contribution in [0.1, 0.15) is 24.3 Å². The number of methoxy groups -OCH3 is 1. The number of aryl methyl sites for hydroxylation is 1. The number of aromatic nitrogens is 1. The molecule has 2 aromatic rings. The van der Waals surface area contributed by atoms with E-state index in [1.807, 2.05) is 39.1 Å². The molecule has 0 radical (unpaired) electrons. The summed E-state index contributed by atoms with van der Waals surface area (Å²) in [7, 11) is 3.41. The fraction of sp³-hybridized carbons (Fsp3) is 0.375. The minimum absolute atomic E-state index is 0.0460. The predicted octanol–water partition coefficient (Wildman–Crippen LogP) is 1.44. The van der Waals surface area contributed by atoms with Gasteiger partial charge in [-0.3, -0.25) is 9.59 Å². The molecular weight excluding hydrogens is 282 g/mol. The number of fused-ring (bicyclic) bond motifs is 1. The van der Waals surface area contributed by atoms with Gasteiger partial charge in [-0.25, -0.2) is 0 Å². The molecule has 6 nitrogen and oxygen atoms in total. The molecule has 1 aromatic heterocycles. The van der Waals surface area contributed by atoms with Gasteiger partial charge in [0.15, 0.2) is 0 Å². The first-order valence-electron chi connectivity index (χ1n) is 7.14. The van der Waals surface area contributed by atoms with Crippen LogP contribution in [0.2, 0.25) is 0 Å². The van der Waals surface area contributed by atoms with E-state index < -0.39 is 0 Å². The van der Waals surface area contributed by atoms with Crippen LogP contribution in [-0.2, 0) is 11.8 Å². The van der Waals surface area contributed by atoms with E-state index >= 15 is 0 Å². The summed E-state index contributed by atoms with van der Waals surface area (Å²) < 4.78 is 7.09. The van der Waals surface area contributed by atoms with Gasteiger partial charge >= 0.3 is 0 Å². The molecule has 2 amide bonds.